The lowest BCUT2D eigenvalue weighted by molar-refractivity contribution is -0.136. The zero-order valence-electron chi connectivity index (χ0n) is 16.9. The fourth-order valence-electron chi connectivity index (χ4n) is 4.74. The molecule has 0 bridgehead atoms. The highest BCUT2D eigenvalue weighted by Crippen LogP contribution is 2.36. The molecule has 2 aromatic rings. The Labute approximate surface area is 172 Å². The molecule has 3 aliphatic rings. The highest BCUT2D eigenvalue weighted by Gasteiger charge is 2.32. The Morgan fingerprint density at radius 3 is 2.41 bits per heavy atom. The Morgan fingerprint density at radius 2 is 1.72 bits per heavy atom. The van der Waals surface area contributed by atoms with Gasteiger partial charge in [-0.3, -0.25) is 9.78 Å². The molecule has 1 saturated heterocycles. The number of likely N-dealkylation sites (tertiary alicyclic amines) is 1. The van der Waals surface area contributed by atoms with Crippen LogP contribution in [0, 0.1) is 5.92 Å². The quantitative estimate of drug-likeness (QED) is 0.834. The summed E-state index contributed by atoms with van der Waals surface area (Å²) in [7, 11) is 0. The first-order valence-corrected chi connectivity index (χ1v) is 11.1. The lowest BCUT2D eigenvalue weighted by Crippen LogP contribution is -2.41. The number of nitrogens with one attached hydrogen (secondary N) is 1. The van der Waals surface area contributed by atoms with E-state index in [2.05, 4.69) is 20.2 Å². The van der Waals surface area contributed by atoms with Gasteiger partial charge in [0.1, 0.15) is 0 Å². The SMILES string of the molecule is O=C(C1CCCC1)N1CCC(c2nc(NC3CC3)ncc2-c2ccncc2)CC1. The van der Waals surface area contributed by atoms with Gasteiger partial charge in [0.25, 0.3) is 0 Å². The van der Waals surface area contributed by atoms with Gasteiger partial charge in [-0.2, -0.15) is 0 Å². The predicted octanol–water partition coefficient (Wildman–Crippen LogP) is 4.01. The summed E-state index contributed by atoms with van der Waals surface area (Å²) in [4.78, 5) is 28.6. The number of hydrogen-bond donors (Lipinski definition) is 1. The molecular weight excluding hydrogens is 362 g/mol. The van der Waals surface area contributed by atoms with Crippen LogP contribution in [0.2, 0.25) is 0 Å². The Bertz CT molecular complexity index is 853. The summed E-state index contributed by atoms with van der Waals surface area (Å²) in [5, 5.41) is 3.44. The number of piperidine rings is 1. The van der Waals surface area contributed by atoms with Gasteiger partial charge < -0.3 is 10.2 Å². The van der Waals surface area contributed by atoms with E-state index in [9.17, 15) is 4.79 Å². The first kappa shape index (κ1) is 18.5. The summed E-state index contributed by atoms with van der Waals surface area (Å²) in [6.07, 6.45) is 14.5. The van der Waals surface area contributed by atoms with Gasteiger partial charge in [-0.15, -0.1) is 0 Å². The van der Waals surface area contributed by atoms with Crippen LogP contribution >= 0.6 is 0 Å². The van der Waals surface area contributed by atoms with E-state index in [1.165, 1.54) is 25.7 Å². The van der Waals surface area contributed by atoms with Gasteiger partial charge in [0.15, 0.2) is 0 Å². The maximum Gasteiger partial charge on any atom is 0.225 e. The molecule has 0 aromatic carbocycles. The topological polar surface area (TPSA) is 71.0 Å². The van der Waals surface area contributed by atoms with Crippen LogP contribution in [0.1, 0.15) is 63.0 Å². The number of rotatable bonds is 5. The number of amides is 1. The minimum Gasteiger partial charge on any atom is -0.351 e. The molecular formula is C23H29N5O. The van der Waals surface area contributed by atoms with Crippen molar-refractivity contribution in [2.45, 2.75) is 63.3 Å². The molecule has 6 nitrogen and oxygen atoms in total. The van der Waals surface area contributed by atoms with Crippen molar-refractivity contribution in [1.82, 2.24) is 19.9 Å². The summed E-state index contributed by atoms with van der Waals surface area (Å²) in [5.41, 5.74) is 3.31. The first-order chi connectivity index (χ1) is 14.3. The van der Waals surface area contributed by atoms with Gasteiger partial charge in [-0.05, 0) is 56.2 Å². The van der Waals surface area contributed by atoms with Crippen molar-refractivity contribution in [1.29, 1.82) is 0 Å². The van der Waals surface area contributed by atoms with Crippen LogP contribution < -0.4 is 5.32 Å². The van der Waals surface area contributed by atoms with Crippen molar-refractivity contribution in [2.24, 2.45) is 5.92 Å². The fraction of sp³-hybridized carbons (Fsp3) is 0.565. The molecule has 0 unspecified atom stereocenters. The number of anilines is 1. The largest absolute Gasteiger partial charge is 0.351 e. The molecule has 0 spiro atoms. The Kier molecular flexibility index (Phi) is 5.17. The number of aromatic nitrogens is 3. The number of pyridine rings is 1. The number of hydrogen-bond acceptors (Lipinski definition) is 5. The summed E-state index contributed by atoms with van der Waals surface area (Å²) in [5.74, 6) is 1.75. The van der Waals surface area contributed by atoms with Crippen molar-refractivity contribution in [2.75, 3.05) is 18.4 Å². The van der Waals surface area contributed by atoms with E-state index in [1.807, 2.05) is 30.7 Å². The van der Waals surface area contributed by atoms with Crippen LogP contribution in [-0.4, -0.2) is 44.9 Å². The number of carbonyl (C=O) groups excluding carboxylic acids is 1. The van der Waals surface area contributed by atoms with Crippen LogP contribution in [0.5, 0.6) is 0 Å². The molecule has 0 radical (unpaired) electrons. The van der Waals surface area contributed by atoms with Gasteiger partial charge in [-0.25, -0.2) is 9.97 Å². The predicted molar refractivity (Wildman–Crippen MR) is 112 cm³/mol. The molecule has 152 valence electrons. The third-order valence-corrected chi connectivity index (χ3v) is 6.62. The molecule has 1 amide bonds. The van der Waals surface area contributed by atoms with E-state index in [4.69, 9.17) is 4.98 Å². The molecule has 1 aliphatic heterocycles. The Morgan fingerprint density at radius 1 is 1.00 bits per heavy atom. The number of nitrogens with zero attached hydrogens (tertiary/aromatic N) is 4. The molecule has 2 saturated carbocycles. The van der Waals surface area contributed by atoms with Crippen molar-refractivity contribution in [3.05, 3.63) is 36.4 Å². The van der Waals surface area contributed by atoms with Crippen molar-refractivity contribution in [3.63, 3.8) is 0 Å². The average Bonchev–Trinajstić information content (AvgIpc) is 3.42. The Hall–Kier alpha value is -2.50. The van der Waals surface area contributed by atoms with Crippen molar-refractivity contribution >= 4 is 11.9 Å². The molecule has 0 atom stereocenters. The summed E-state index contributed by atoms with van der Waals surface area (Å²) in [6.45, 7) is 1.68. The van der Waals surface area contributed by atoms with E-state index < -0.39 is 0 Å². The molecule has 1 N–H and O–H groups in total. The highest BCUT2D eigenvalue weighted by molar-refractivity contribution is 5.79. The van der Waals surface area contributed by atoms with Crippen molar-refractivity contribution in [3.8, 4) is 11.1 Å². The molecule has 2 aliphatic carbocycles. The van der Waals surface area contributed by atoms with E-state index in [0.29, 0.717) is 17.9 Å². The monoisotopic (exact) mass is 391 g/mol. The third kappa shape index (κ3) is 4.11. The maximum absolute atomic E-state index is 12.8. The molecule has 29 heavy (non-hydrogen) atoms. The van der Waals surface area contributed by atoms with Gasteiger partial charge in [0.2, 0.25) is 11.9 Å². The second kappa shape index (κ2) is 8.09. The van der Waals surface area contributed by atoms with Gasteiger partial charge in [0, 0.05) is 55.1 Å². The lowest BCUT2D eigenvalue weighted by atomic mass is 9.88. The van der Waals surface area contributed by atoms with E-state index in [-0.39, 0.29) is 5.92 Å². The maximum atomic E-state index is 12.8. The smallest absolute Gasteiger partial charge is 0.225 e. The van der Waals surface area contributed by atoms with Crippen LogP contribution in [-0.2, 0) is 4.79 Å². The summed E-state index contributed by atoms with van der Waals surface area (Å²) in [6, 6.07) is 4.57. The minimum atomic E-state index is 0.271. The average molecular weight is 392 g/mol. The van der Waals surface area contributed by atoms with Crippen LogP contribution in [0.4, 0.5) is 5.95 Å². The lowest BCUT2D eigenvalue weighted by Gasteiger charge is -2.34. The van der Waals surface area contributed by atoms with Crippen LogP contribution in [0.25, 0.3) is 11.1 Å². The van der Waals surface area contributed by atoms with Crippen LogP contribution in [0.3, 0.4) is 0 Å². The van der Waals surface area contributed by atoms with Gasteiger partial charge >= 0.3 is 0 Å². The highest BCUT2D eigenvalue weighted by atomic mass is 16.2. The third-order valence-electron chi connectivity index (χ3n) is 6.62. The van der Waals surface area contributed by atoms with Gasteiger partial charge in [0.05, 0.1) is 5.69 Å². The van der Waals surface area contributed by atoms with E-state index in [1.54, 1.807) is 0 Å². The second-order valence-corrected chi connectivity index (χ2v) is 8.73. The van der Waals surface area contributed by atoms with Crippen molar-refractivity contribution < 1.29 is 4.79 Å². The Balaban J connectivity index is 1.35. The first-order valence-electron chi connectivity index (χ1n) is 11.1. The zero-order chi connectivity index (χ0) is 19.6. The molecule has 5 rings (SSSR count). The summed E-state index contributed by atoms with van der Waals surface area (Å²) >= 11 is 0. The zero-order valence-corrected chi connectivity index (χ0v) is 16.9. The minimum absolute atomic E-state index is 0.271. The second-order valence-electron chi connectivity index (χ2n) is 8.73. The van der Waals surface area contributed by atoms with Gasteiger partial charge in [-0.1, -0.05) is 12.8 Å². The van der Waals surface area contributed by atoms with E-state index >= 15 is 0 Å². The molecule has 3 fully saturated rings. The van der Waals surface area contributed by atoms with Crippen LogP contribution in [0.15, 0.2) is 30.7 Å². The molecule has 3 heterocycles. The molecule has 2 aromatic heterocycles. The van der Waals surface area contributed by atoms with E-state index in [0.717, 1.165) is 61.5 Å². The number of carbonyl (C=O) groups is 1. The molecule has 6 heteroatoms. The fourth-order valence-corrected chi connectivity index (χ4v) is 4.74. The standard InChI is InChI=1S/C23H29N5O/c29-22(18-3-1-2-4-18)28-13-9-17(10-14-28)21-20(16-7-11-24-12-8-16)15-25-23(27-21)26-19-5-6-19/h7-8,11-12,15,17-19H,1-6,9-10,13-14H2,(H,25,26,27). The normalized spacial score (nSPS) is 20.8. The summed E-state index contributed by atoms with van der Waals surface area (Å²) < 4.78 is 0.